The molecule has 9 heteroatoms. The molecule has 0 saturated carbocycles. The van der Waals surface area contributed by atoms with Crippen LogP contribution in [0.25, 0.3) is 54.9 Å². The van der Waals surface area contributed by atoms with E-state index in [1.165, 1.54) is 24.2 Å². The van der Waals surface area contributed by atoms with E-state index in [0.717, 1.165) is 79.5 Å². The lowest BCUT2D eigenvalue weighted by molar-refractivity contribution is 0.102. The molecule has 0 bridgehead atoms. The lowest BCUT2D eigenvalue weighted by Gasteiger charge is -2.15. The first kappa shape index (κ1) is 24.7. The Bertz CT molecular complexity index is 1850. The number of fused-ring (bicyclic) bond motifs is 2. The maximum atomic E-state index is 11.9. The average Bonchev–Trinajstić information content (AvgIpc) is 3.78. The van der Waals surface area contributed by atoms with Crippen molar-refractivity contribution < 1.29 is 9.53 Å². The summed E-state index contributed by atoms with van der Waals surface area (Å²) in [4.78, 5) is 28.7. The zero-order valence-electron chi connectivity index (χ0n) is 22.1. The smallest absolute Gasteiger partial charge is 0.169 e. The van der Waals surface area contributed by atoms with Crippen LogP contribution in [0.1, 0.15) is 29.4 Å². The van der Waals surface area contributed by atoms with Crippen molar-refractivity contribution >= 4 is 39.1 Å². The number of ether oxygens (including phenoxy) is 1. The van der Waals surface area contributed by atoms with Crippen LogP contribution < -0.4 is 4.74 Å². The molecule has 6 aromatic rings. The van der Waals surface area contributed by atoms with E-state index < -0.39 is 0 Å². The molecule has 1 fully saturated rings. The number of carbonyl (C=O) groups is 1. The predicted molar refractivity (Wildman–Crippen MR) is 159 cm³/mol. The minimum atomic E-state index is 0.0823. The SMILES string of the molecule is CC(=O)c1ccc(-c2cccc3[nH]c(-c4n[nH]c5ncc(-c6cncc(OCCN7CCCC7)c6)cc45)cc23)s1. The summed E-state index contributed by atoms with van der Waals surface area (Å²) < 4.78 is 6.03. The third-order valence-electron chi connectivity index (χ3n) is 7.48. The molecule has 1 aromatic carbocycles. The van der Waals surface area contributed by atoms with Gasteiger partial charge < -0.3 is 9.72 Å². The van der Waals surface area contributed by atoms with Gasteiger partial charge in [0.1, 0.15) is 18.1 Å². The van der Waals surface area contributed by atoms with Crippen molar-refractivity contribution in [3.8, 4) is 38.7 Å². The second kappa shape index (κ2) is 10.3. The van der Waals surface area contributed by atoms with Crippen LogP contribution in [0.2, 0.25) is 0 Å². The van der Waals surface area contributed by atoms with E-state index in [2.05, 4.69) is 54.3 Å². The number of Topliss-reactive ketones (excluding diaryl/α,β-unsaturated/α-hetero) is 1. The molecule has 8 nitrogen and oxygen atoms in total. The molecule has 6 heterocycles. The number of H-pyrrole nitrogens is 2. The Morgan fingerprint density at radius 3 is 2.75 bits per heavy atom. The second-order valence-corrected chi connectivity index (χ2v) is 11.3. The zero-order valence-corrected chi connectivity index (χ0v) is 22.9. The number of aromatic nitrogens is 5. The summed E-state index contributed by atoms with van der Waals surface area (Å²) in [6, 6.07) is 16.3. The molecule has 5 aromatic heterocycles. The summed E-state index contributed by atoms with van der Waals surface area (Å²) in [5.74, 6) is 0.840. The van der Waals surface area contributed by atoms with E-state index in [4.69, 9.17) is 4.74 Å². The highest BCUT2D eigenvalue weighted by Crippen LogP contribution is 2.37. The Labute approximate surface area is 235 Å². The first-order chi connectivity index (χ1) is 19.6. The number of thiophene rings is 1. The number of nitrogens with one attached hydrogen (secondary N) is 2. The Morgan fingerprint density at radius 2 is 1.90 bits per heavy atom. The van der Waals surface area contributed by atoms with Crippen LogP contribution in [0.4, 0.5) is 0 Å². The van der Waals surface area contributed by atoms with E-state index >= 15 is 0 Å². The molecule has 40 heavy (non-hydrogen) atoms. The summed E-state index contributed by atoms with van der Waals surface area (Å²) in [5, 5.41) is 9.69. The van der Waals surface area contributed by atoms with Crippen LogP contribution in [0.15, 0.2) is 67.1 Å². The highest BCUT2D eigenvalue weighted by Gasteiger charge is 2.17. The molecular formula is C31H28N6O2S. The van der Waals surface area contributed by atoms with Crippen LogP contribution in [-0.4, -0.2) is 62.1 Å². The fraction of sp³-hybridized carbons (Fsp3) is 0.226. The van der Waals surface area contributed by atoms with Crippen molar-refractivity contribution in [2.75, 3.05) is 26.2 Å². The van der Waals surface area contributed by atoms with Crippen LogP contribution in [0, 0.1) is 0 Å². The fourth-order valence-corrected chi connectivity index (χ4v) is 6.33. The summed E-state index contributed by atoms with van der Waals surface area (Å²) >= 11 is 1.52. The van der Waals surface area contributed by atoms with Crippen LogP contribution in [0.3, 0.4) is 0 Å². The number of aromatic amines is 2. The summed E-state index contributed by atoms with van der Waals surface area (Å²) in [5.41, 5.74) is 6.39. The molecule has 1 aliphatic rings. The molecule has 1 aliphatic heterocycles. The molecule has 0 amide bonds. The van der Waals surface area contributed by atoms with Crippen molar-refractivity contribution in [3.63, 3.8) is 0 Å². The molecular weight excluding hydrogens is 520 g/mol. The minimum absolute atomic E-state index is 0.0823. The topological polar surface area (TPSA) is 99.8 Å². The number of benzene rings is 1. The Kier molecular flexibility index (Phi) is 6.37. The van der Waals surface area contributed by atoms with E-state index in [1.54, 1.807) is 13.1 Å². The van der Waals surface area contributed by atoms with E-state index in [-0.39, 0.29) is 5.78 Å². The van der Waals surface area contributed by atoms with E-state index in [0.29, 0.717) is 12.3 Å². The number of ketones is 1. The van der Waals surface area contributed by atoms with Crippen molar-refractivity contribution in [2.45, 2.75) is 19.8 Å². The van der Waals surface area contributed by atoms with Crippen molar-refractivity contribution in [2.24, 2.45) is 0 Å². The van der Waals surface area contributed by atoms with Gasteiger partial charge in [-0.1, -0.05) is 12.1 Å². The van der Waals surface area contributed by atoms with E-state index in [9.17, 15) is 4.79 Å². The molecule has 7 rings (SSSR count). The van der Waals surface area contributed by atoms with Gasteiger partial charge in [-0.15, -0.1) is 11.3 Å². The van der Waals surface area contributed by atoms with Crippen molar-refractivity contribution in [3.05, 3.63) is 72.0 Å². The van der Waals surface area contributed by atoms with Gasteiger partial charge in [-0.2, -0.15) is 5.10 Å². The van der Waals surface area contributed by atoms with Gasteiger partial charge in [0.05, 0.1) is 16.8 Å². The quantitative estimate of drug-likeness (QED) is 0.209. The Balaban J connectivity index is 1.20. The number of rotatable bonds is 8. The Morgan fingerprint density at radius 1 is 1.02 bits per heavy atom. The number of hydrogen-bond donors (Lipinski definition) is 2. The lowest BCUT2D eigenvalue weighted by atomic mass is 10.1. The van der Waals surface area contributed by atoms with E-state index in [1.807, 2.05) is 36.7 Å². The first-order valence-electron chi connectivity index (χ1n) is 13.5. The molecule has 200 valence electrons. The molecule has 0 spiro atoms. The third kappa shape index (κ3) is 4.67. The standard InChI is InChI=1S/C31H28N6O2S/c1-19(38)28-7-8-29(40-28)23-5-4-6-26-24(23)15-27(34-26)30-25-14-21(17-33-31(25)36-35-30)20-13-22(18-32-16-20)39-12-11-37-9-2-3-10-37/h4-8,13-18,34H,2-3,9-12H2,1H3,(H,33,35,36). The van der Waals surface area contributed by atoms with Gasteiger partial charge in [0, 0.05) is 56.8 Å². The minimum Gasteiger partial charge on any atom is -0.491 e. The summed E-state index contributed by atoms with van der Waals surface area (Å²) in [6.07, 6.45) is 7.98. The van der Waals surface area contributed by atoms with Gasteiger partial charge in [-0.05, 0) is 69.3 Å². The third-order valence-corrected chi connectivity index (χ3v) is 8.69. The van der Waals surface area contributed by atoms with Crippen LogP contribution in [-0.2, 0) is 0 Å². The molecule has 2 N–H and O–H groups in total. The summed E-state index contributed by atoms with van der Waals surface area (Å²) in [7, 11) is 0. The van der Waals surface area contributed by atoms with Gasteiger partial charge in [0.25, 0.3) is 0 Å². The largest absolute Gasteiger partial charge is 0.491 e. The summed E-state index contributed by atoms with van der Waals surface area (Å²) in [6.45, 7) is 5.51. The van der Waals surface area contributed by atoms with Gasteiger partial charge in [-0.25, -0.2) is 4.98 Å². The van der Waals surface area contributed by atoms with Gasteiger partial charge in [-0.3, -0.25) is 19.8 Å². The number of pyridine rings is 2. The monoisotopic (exact) mass is 548 g/mol. The molecule has 0 unspecified atom stereocenters. The van der Waals surface area contributed by atoms with Gasteiger partial charge in [0.15, 0.2) is 11.4 Å². The highest BCUT2D eigenvalue weighted by molar-refractivity contribution is 7.17. The maximum absolute atomic E-state index is 11.9. The molecule has 0 radical (unpaired) electrons. The number of likely N-dealkylation sites (tertiary alicyclic amines) is 1. The van der Waals surface area contributed by atoms with Crippen LogP contribution in [0.5, 0.6) is 5.75 Å². The number of nitrogens with zero attached hydrogens (tertiary/aromatic N) is 4. The van der Waals surface area contributed by atoms with Crippen molar-refractivity contribution in [1.29, 1.82) is 0 Å². The molecule has 0 atom stereocenters. The lowest BCUT2D eigenvalue weighted by Crippen LogP contribution is -2.25. The van der Waals surface area contributed by atoms with Gasteiger partial charge >= 0.3 is 0 Å². The zero-order chi connectivity index (χ0) is 27.1. The normalized spacial score (nSPS) is 13.9. The van der Waals surface area contributed by atoms with Crippen molar-refractivity contribution in [1.82, 2.24) is 30.0 Å². The predicted octanol–water partition coefficient (Wildman–Crippen LogP) is 6.57. The molecule has 1 saturated heterocycles. The first-order valence-corrected chi connectivity index (χ1v) is 14.3. The van der Waals surface area contributed by atoms with Gasteiger partial charge in [0.2, 0.25) is 0 Å². The number of hydrogen-bond acceptors (Lipinski definition) is 7. The second-order valence-electron chi connectivity index (χ2n) is 10.2. The van der Waals surface area contributed by atoms with Crippen LogP contribution >= 0.6 is 11.3 Å². The molecule has 0 aliphatic carbocycles. The number of carbonyl (C=O) groups excluding carboxylic acids is 1. The maximum Gasteiger partial charge on any atom is 0.169 e. The average molecular weight is 549 g/mol. The fourth-order valence-electron chi connectivity index (χ4n) is 5.39. The highest BCUT2D eigenvalue weighted by atomic mass is 32.1. The Hall–Kier alpha value is -4.34.